The lowest BCUT2D eigenvalue weighted by Gasteiger charge is -2.36. The Bertz CT molecular complexity index is 360. The van der Waals surface area contributed by atoms with E-state index in [9.17, 15) is 8.42 Å². The average Bonchev–Trinajstić information content (AvgIpc) is 2.81. The molecular weight excluding hydrogens is 274 g/mol. The van der Waals surface area contributed by atoms with Crippen molar-refractivity contribution in [3.8, 4) is 0 Å². The maximum absolute atomic E-state index is 12.2. The van der Waals surface area contributed by atoms with Gasteiger partial charge in [0, 0.05) is 18.0 Å². The molecule has 0 aromatic carbocycles. The van der Waals surface area contributed by atoms with Gasteiger partial charge in [-0.05, 0) is 25.7 Å². The van der Waals surface area contributed by atoms with Crippen LogP contribution >= 0.6 is 11.6 Å². The van der Waals surface area contributed by atoms with Crippen LogP contribution in [0.15, 0.2) is 0 Å². The third kappa shape index (κ3) is 3.83. The molecule has 1 unspecified atom stereocenters. The van der Waals surface area contributed by atoms with E-state index in [1.165, 1.54) is 6.42 Å². The number of sulfonamides is 1. The second-order valence-electron chi connectivity index (χ2n) is 5.49. The van der Waals surface area contributed by atoms with E-state index in [2.05, 4.69) is 4.72 Å². The van der Waals surface area contributed by atoms with Gasteiger partial charge in [-0.1, -0.05) is 19.3 Å². The summed E-state index contributed by atoms with van der Waals surface area (Å²) in [5.41, 5.74) is -0.419. The molecule has 1 aliphatic carbocycles. The minimum atomic E-state index is -3.29. The van der Waals surface area contributed by atoms with Gasteiger partial charge in [0.1, 0.15) is 0 Å². The first-order chi connectivity index (χ1) is 8.55. The van der Waals surface area contributed by atoms with Gasteiger partial charge in [-0.2, -0.15) is 0 Å². The molecule has 4 nitrogen and oxygen atoms in total. The monoisotopic (exact) mass is 295 g/mol. The molecule has 6 heteroatoms. The summed E-state index contributed by atoms with van der Waals surface area (Å²) in [4.78, 5) is 0. The molecule has 0 amide bonds. The zero-order chi connectivity index (χ0) is 13.1. The number of nitrogens with one attached hydrogen (secondary N) is 1. The molecule has 2 fully saturated rings. The first-order valence-electron chi connectivity index (χ1n) is 6.74. The van der Waals surface area contributed by atoms with E-state index in [-0.39, 0.29) is 11.9 Å². The lowest BCUT2D eigenvalue weighted by molar-refractivity contribution is 0.127. The highest BCUT2D eigenvalue weighted by molar-refractivity contribution is 7.89. The largest absolute Gasteiger partial charge is 0.377 e. The van der Waals surface area contributed by atoms with Crippen LogP contribution in [0.2, 0.25) is 0 Å². The molecule has 0 spiro atoms. The molecule has 1 saturated heterocycles. The molecule has 2 aliphatic rings. The molecular formula is C12H22ClNO3S. The Morgan fingerprint density at radius 2 is 1.94 bits per heavy atom. The summed E-state index contributed by atoms with van der Waals surface area (Å²) in [7, 11) is -3.29. The molecule has 1 heterocycles. The van der Waals surface area contributed by atoms with Gasteiger partial charge in [-0.3, -0.25) is 0 Å². The molecule has 1 atom stereocenters. The number of rotatable bonds is 5. The van der Waals surface area contributed by atoms with Gasteiger partial charge < -0.3 is 4.74 Å². The Hall–Kier alpha value is 0.160. The van der Waals surface area contributed by atoms with Crippen molar-refractivity contribution in [2.45, 2.75) is 56.6 Å². The van der Waals surface area contributed by atoms with E-state index in [1.54, 1.807) is 0 Å². The summed E-state index contributed by atoms with van der Waals surface area (Å²) in [5.74, 6) is 0.434. The Morgan fingerprint density at radius 1 is 1.22 bits per heavy atom. The van der Waals surface area contributed by atoms with Crippen LogP contribution in [0, 0.1) is 0 Å². The van der Waals surface area contributed by atoms with E-state index in [4.69, 9.17) is 16.3 Å². The summed E-state index contributed by atoms with van der Waals surface area (Å²) >= 11 is 6.00. The maximum atomic E-state index is 12.2. The van der Waals surface area contributed by atoms with Gasteiger partial charge in [-0.15, -0.1) is 11.6 Å². The fourth-order valence-corrected chi connectivity index (χ4v) is 5.07. The van der Waals surface area contributed by atoms with Gasteiger partial charge >= 0.3 is 0 Å². The predicted molar refractivity (Wildman–Crippen MR) is 72.4 cm³/mol. The van der Waals surface area contributed by atoms with E-state index < -0.39 is 15.6 Å². The highest BCUT2D eigenvalue weighted by Crippen LogP contribution is 2.30. The van der Waals surface area contributed by atoms with Crippen LogP contribution in [0.1, 0.15) is 44.9 Å². The van der Waals surface area contributed by atoms with Crippen molar-refractivity contribution in [1.82, 2.24) is 4.72 Å². The van der Waals surface area contributed by atoms with Gasteiger partial charge in [0.2, 0.25) is 10.0 Å². The van der Waals surface area contributed by atoms with Gasteiger partial charge in [0.25, 0.3) is 0 Å². The first kappa shape index (κ1) is 14.6. The highest BCUT2D eigenvalue weighted by atomic mass is 35.5. The summed E-state index contributed by atoms with van der Waals surface area (Å²) in [6, 6.07) is 0. The molecule has 2 rings (SSSR count). The quantitative estimate of drug-likeness (QED) is 0.790. The minimum absolute atomic E-state index is 0.0750. The first-order valence-corrected chi connectivity index (χ1v) is 8.93. The Balaban J connectivity index is 1.96. The van der Waals surface area contributed by atoms with Crippen LogP contribution in [0.25, 0.3) is 0 Å². The van der Waals surface area contributed by atoms with Crippen LogP contribution in [-0.2, 0) is 14.8 Å². The summed E-state index contributed by atoms with van der Waals surface area (Å²) in [6.07, 6.45) is 6.63. The summed E-state index contributed by atoms with van der Waals surface area (Å²) < 4.78 is 32.6. The zero-order valence-electron chi connectivity index (χ0n) is 10.7. The number of halogens is 1. The molecule has 0 aromatic heterocycles. The number of hydrogen-bond acceptors (Lipinski definition) is 3. The Morgan fingerprint density at radius 3 is 2.50 bits per heavy atom. The van der Waals surface area contributed by atoms with Crippen LogP contribution in [-0.4, -0.2) is 38.3 Å². The zero-order valence-corrected chi connectivity index (χ0v) is 12.2. The SMILES string of the molecule is O=S(=O)(CC1CCCO1)NC1(CCl)CCCCC1. The predicted octanol–water partition coefficient (Wildman–Crippen LogP) is 2.03. The second-order valence-corrected chi connectivity index (χ2v) is 7.53. The Labute approximate surface area is 114 Å². The molecule has 106 valence electrons. The van der Waals surface area contributed by atoms with Gasteiger partial charge in [0.15, 0.2) is 0 Å². The molecule has 1 aliphatic heterocycles. The molecule has 0 aromatic rings. The van der Waals surface area contributed by atoms with Gasteiger partial charge in [0.05, 0.1) is 11.9 Å². The van der Waals surface area contributed by atoms with Crippen molar-refractivity contribution in [3.05, 3.63) is 0 Å². The normalized spacial score (nSPS) is 28.4. The van der Waals surface area contributed by atoms with Crippen LogP contribution in [0.4, 0.5) is 0 Å². The van der Waals surface area contributed by atoms with Gasteiger partial charge in [-0.25, -0.2) is 13.1 Å². The lowest BCUT2D eigenvalue weighted by atomic mass is 9.84. The minimum Gasteiger partial charge on any atom is -0.377 e. The standard InChI is InChI=1S/C12H22ClNO3S/c13-10-12(6-2-1-3-7-12)14-18(15,16)9-11-5-4-8-17-11/h11,14H,1-10H2. The van der Waals surface area contributed by atoms with Crippen molar-refractivity contribution < 1.29 is 13.2 Å². The summed E-state index contributed by atoms with van der Waals surface area (Å²) in [5, 5.41) is 0. The van der Waals surface area contributed by atoms with Crippen molar-refractivity contribution in [2.24, 2.45) is 0 Å². The third-order valence-electron chi connectivity index (χ3n) is 3.87. The molecule has 18 heavy (non-hydrogen) atoms. The number of ether oxygens (including phenoxy) is 1. The van der Waals surface area contributed by atoms with Crippen LogP contribution < -0.4 is 4.72 Å². The average molecular weight is 296 g/mol. The third-order valence-corrected chi connectivity index (χ3v) is 5.93. The van der Waals surface area contributed by atoms with E-state index in [0.717, 1.165) is 38.5 Å². The summed E-state index contributed by atoms with van der Waals surface area (Å²) in [6.45, 7) is 0.681. The van der Waals surface area contributed by atoms with Crippen LogP contribution in [0.5, 0.6) is 0 Å². The fourth-order valence-electron chi connectivity index (χ4n) is 2.88. The number of hydrogen-bond donors (Lipinski definition) is 1. The van der Waals surface area contributed by atoms with Crippen molar-refractivity contribution in [1.29, 1.82) is 0 Å². The molecule has 1 saturated carbocycles. The van der Waals surface area contributed by atoms with E-state index >= 15 is 0 Å². The fraction of sp³-hybridized carbons (Fsp3) is 1.00. The van der Waals surface area contributed by atoms with Crippen molar-refractivity contribution in [2.75, 3.05) is 18.2 Å². The molecule has 0 bridgehead atoms. The van der Waals surface area contributed by atoms with Crippen molar-refractivity contribution in [3.63, 3.8) is 0 Å². The van der Waals surface area contributed by atoms with Crippen LogP contribution in [0.3, 0.4) is 0 Å². The Kier molecular flexibility index (Phi) is 4.92. The van der Waals surface area contributed by atoms with E-state index in [1.807, 2.05) is 0 Å². The maximum Gasteiger partial charge on any atom is 0.214 e. The smallest absolute Gasteiger partial charge is 0.214 e. The van der Waals surface area contributed by atoms with E-state index in [0.29, 0.717) is 12.5 Å². The second kappa shape index (κ2) is 6.07. The molecule has 0 radical (unpaired) electrons. The van der Waals surface area contributed by atoms with Crippen molar-refractivity contribution >= 4 is 21.6 Å². The topological polar surface area (TPSA) is 55.4 Å². The number of alkyl halides is 1. The highest BCUT2D eigenvalue weighted by Gasteiger charge is 2.36. The lowest BCUT2D eigenvalue weighted by Crippen LogP contribution is -2.52. The molecule has 1 N–H and O–H groups in total.